The van der Waals surface area contributed by atoms with Gasteiger partial charge >= 0.3 is 0 Å². The Labute approximate surface area is 307 Å². The molecule has 0 amide bonds. The third-order valence-electron chi connectivity index (χ3n) is 11.7. The maximum atomic E-state index is 6.62. The monoisotopic (exact) mass is 688 g/mol. The second kappa shape index (κ2) is 10.2. The SMILES string of the molecule is c1ccc2c(c1)oc1c(-n3c4ccccc4c4cc(-c5cc6ccc7cccc8c7c6c(c5)n8-c5cccc6c5oc5ccccc56)ccc43)cccc12. The number of benzene rings is 9. The average molecular weight is 689 g/mol. The van der Waals surface area contributed by atoms with E-state index in [4.69, 9.17) is 8.83 Å². The first-order chi connectivity index (χ1) is 26.8. The topological polar surface area (TPSA) is 36.1 Å². The van der Waals surface area contributed by atoms with E-state index in [1.54, 1.807) is 0 Å². The van der Waals surface area contributed by atoms with Gasteiger partial charge in [-0.2, -0.15) is 0 Å². The van der Waals surface area contributed by atoms with Crippen molar-refractivity contribution in [1.82, 2.24) is 9.13 Å². The number of nitrogens with zero attached hydrogens (tertiary/aromatic N) is 2. The van der Waals surface area contributed by atoms with Gasteiger partial charge in [0.2, 0.25) is 0 Å². The van der Waals surface area contributed by atoms with Crippen LogP contribution in [0.1, 0.15) is 0 Å². The predicted molar refractivity (Wildman–Crippen MR) is 224 cm³/mol. The van der Waals surface area contributed by atoms with Crippen LogP contribution in [-0.2, 0) is 0 Å². The van der Waals surface area contributed by atoms with Crippen LogP contribution < -0.4 is 0 Å². The Morgan fingerprint density at radius 2 is 0.870 bits per heavy atom. The zero-order valence-corrected chi connectivity index (χ0v) is 28.9. The summed E-state index contributed by atoms with van der Waals surface area (Å²) in [5.74, 6) is 0. The zero-order chi connectivity index (χ0) is 35.1. The molecular formula is C50H28N2O2. The first kappa shape index (κ1) is 28.3. The van der Waals surface area contributed by atoms with Crippen molar-refractivity contribution in [2.45, 2.75) is 0 Å². The molecule has 250 valence electrons. The van der Waals surface area contributed by atoms with Crippen LogP contribution in [0.25, 0.3) is 121 Å². The molecule has 13 aromatic rings. The summed E-state index contributed by atoms with van der Waals surface area (Å²) < 4.78 is 17.9. The van der Waals surface area contributed by atoms with Gasteiger partial charge in [0.15, 0.2) is 11.2 Å². The van der Waals surface area contributed by atoms with Crippen LogP contribution in [0.3, 0.4) is 0 Å². The highest BCUT2D eigenvalue weighted by atomic mass is 16.3. The molecular weight excluding hydrogens is 661 g/mol. The second-order valence-corrected chi connectivity index (χ2v) is 14.5. The summed E-state index contributed by atoms with van der Waals surface area (Å²) in [7, 11) is 0. The van der Waals surface area contributed by atoms with Crippen molar-refractivity contribution >= 4 is 98.3 Å². The van der Waals surface area contributed by atoms with Crippen LogP contribution in [0.15, 0.2) is 179 Å². The molecule has 0 bridgehead atoms. The molecule has 0 aliphatic carbocycles. The number of furan rings is 2. The third-order valence-corrected chi connectivity index (χ3v) is 11.7. The Hall–Kier alpha value is -7.30. The van der Waals surface area contributed by atoms with E-state index in [0.717, 1.165) is 66.3 Å². The van der Waals surface area contributed by atoms with Crippen molar-refractivity contribution < 1.29 is 8.83 Å². The van der Waals surface area contributed by atoms with Gasteiger partial charge in [-0.25, -0.2) is 0 Å². The van der Waals surface area contributed by atoms with E-state index in [-0.39, 0.29) is 0 Å². The average Bonchev–Trinajstić information content (AvgIpc) is 3.98. The van der Waals surface area contributed by atoms with Crippen molar-refractivity contribution in [3.8, 4) is 22.5 Å². The number of hydrogen-bond acceptors (Lipinski definition) is 2. The van der Waals surface area contributed by atoms with Crippen LogP contribution in [0, 0.1) is 0 Å². The molecule has 0 radical (unpaired) electrons. The van der Waals surface area contributed by atoms with Gasteiger partial charge in [-0.3, -0.25) is 0 Å². The molecule has 0 saturated heterocycles. The fourth-order valence-corrected chi connectivity index (χ4v) is 9.35. The largest absolute Gasteiger partial charge is 0.454 e. The van der Waals surface area contributed by atoms with Crippen molar-refractivity contribution in [2.24, 2.45) is 0 Å². The van der Waals surface area contributed by atoms with E-state index in [1.165, 1.54) is 54.5 Å². The van der Waals surface area contributed by atoms with Crippen LogP contribution in [0.2, 0.25) is 0 Å². The summed E-state index contributed by atoms with van der Waals surface area (Å²) in [4.78, 5) is 0. The molecule has 0 N–H and O–H groups in total. The van der Waals surface area contributed by atoms with Crippen molar-refractivity contribution in [3.63, 3.8) is 0 Å². The van der Waals surface area contributed by atoms with E-state index in [1.807, 2.05) is 18.2 Å². The molecule has 0 fully saturated rings. The third kappa shape index (κ3) is 3.61. The highest BCUT2D eigenvalue weighted by molar-refractivity contribution is 6.26. The first-order valence-electron chi connectivity index (χ1n) is 18.4. The van der Waals surface area contributed by atoms with Gasteiger partial charge in [-0.05, 0) is 82.6 Å². The van der Waals surface area contributed by atoms with Gasteiger partial charge in [0.25, 0.3) is 0 Å². The summed E-state index contributed by atoms with van der Waals surface area (Å²) in [5.41, 5.74) is 12.7. The fraction of sp³-hybridized carbons (Fsp3) is 0. The van der Waals surface area contributed by atoms with Crippen molar-refractivity contribution in [1.29, 1.82) is 0 Å². The van der Waals surface area contributed by atoms with Gasteiger partial charge in [-0.1, -0.05) is 109 Å². The second-order valence-electron chi connectivity index (χ2n) is 14.5. The van der Waals surface area contributed by atoms with Gasteiger partial charge in [-0.15, -0.1) is 0 Å². The van der Waals surface area contributed by atoms with Crippen LogP contribution in [0.5, 0.6) is 0 Å². The van der Waals surface area contributed by atoms with Crippen molar-refractivity contribution in [2.75, 3.05) is 0 Å². The summed E-state index contributed by atoms with van der Waals surface area (Å²) in [5, 5.41) is 11.9. The molecule has 4 heterocycles. The minimum atomic E-state index is 0.897. The number of aromatic nitrogens is 2. The Kier molecular flexibility index (Phi) is 5.34. The highest BCUT2D eigenvalue weighted by Crippen LogP contribution is 2.44. The lowest BCUT2D eigenvalue weighted by Crippen LogP contribution is -1.95. The van der Waals surface area contributed by atoms with Crippen LogP contribution >= 0.6 is 0 Å². The molecule has 9 aromatic carbocycles. The fourth-order valence-electron chi connectivity index (χ4n) is 9.35. The molecule has 0 aliphatic heterocycles. The van der Waals surface area contributed by atoms with E-state index in [0.29, 0.717) is 0 Å². The Morgan fingerprint density at radius 3 is 1.61 bits per heavy atom. The summed E-state index contributed by atoms with van der Waals surface area (Å²) >= 11 is 0. The smallest absolute Gasteiger partial charge is 0.159 e. The molecule has 13 rings (SSSR count). The number of hydrogen-bond donors (Lipinski definition) is 0. The molecule has 4 aromatic heterocycles. The van der Waals surface area contributed by atoms with E-state index in [2.05, 4.69) is 161 Å². The highest BCUT2D eigenvalue weighted by Gasteiger charge is 2.22. The minimum Gasteiger partial charge on any atom is -0.454 e. The maximum Gasteiger partial charge on any atom is 0.159 e. The van der Waals surface area contributed by atoms with E-state index < -0.39 is 0 Å². The Balaban J connectivity index is 1.08. The molecule has 0 atom stereocenters. The molecule has 0 spiro atoms. The van der Waals surface area contributed by atoms with Crippen LogP contribution in [-0.4, -0.2) is 9.13 Å². The lowest BCUT2D eigenvalue weighted by Gasteiger charge is -2.11. The summed E-state index contributed by atoms with van der Waals surface area (Å²) in [6.45, 7) is 0. The van der Waals surface area contributed by atoms with Crippen molar-refractivity contribution in [3.05, 3.63) is 170 Å². The van der Waals surface area contributed by atoms with E-state index >= 15 is 0 Å². The molecule has 0 unspecified atom stereocenters. The summed E-state index contributed by atoms with van der Waals surface area (Å²) in [6, 6.07) is 61.1. The number of fused-ring (bicyclic) bond motifs is 9. The minimum absolute atomic E-state index is 0.897. The summed E-state index contributed by atoms with van der Waals surface area (Å²) in [6.07, 6.45) is 0. The Morgan fingerprint density at radius 1 is 0.315 bits per heavy atom. The standard InChI is InChI=1S/C50H28N2O2/c1-4-16-39-33(11-1)38-27-30(24-25-40(38)51(39)42-18-8-14-36-34-12-2-5-20-45(34)53-49(36)42)32-26-31-23-22-29-10-7-17-41-47(29)48(31)44(28-32)52(41)43-19-9-15-37-35-13-3-6-21-46(35)54-50(37)43/h1-28H. The van der Waals surface area contributed by atoms with Gasteiger partial charge in [0.1, 0.15) is 11.2 Å². The Bertz CT molecular complexity index is 3680. The number of rotatable bonds is 3. The van der Waals surface area contributed by atoms with Gasteiger partial charge in [0.05, 0.1) is 33.4 Å². The lowest BCUT2D eigenvalue weighted by molar-refractivity contribution is 0.666. The zero-order valence-electron chi connectivity index (χ0n) is 28.9. The maximum absolute atomic E-state index is 6.62. The quantitative estimate of drug-likeness (QED) is 0.173. The molecule has 0 saturated carbocycles. The van der Waals surface area contributed by atoms with E-state index in [9.17, 15) is 0 Å². The molecule has 4 nitrogen and oxygen atoms in total. The molecule has 54 heavy (non-hydrogen) atoms. The molecule has 0 aliphatic rings. The predicted octanol–water partition coefficient (Wildman–Crippen LogP) is 13.9. The first-order valence-corrected chi connectivity index (χ1v) is 18.4. The normalized spacial score (nSPS) is 12.4. The van der Waals surface area contributed by atoms with Crippen LogP contribution in [0.4, 0.5) is 0 Å². The lowest BCUT2D eigenvalue weighted by atomic mass is 9.96. The molecule has 4 heteroatoms. The van der Waals surface area contributed by atoms with Gasteiger partial charge < -0.3 is 18.0 Å². The number of para-hydroxylation sites is 5. The van der Waals surface area contributed by atoms with Gasteiger partial charge in [0, 0.05) is 43.1 Å².